The topological polar surface area (TPSA) is 81.5 Å². The Morgan fingerprint density at radius 3 is 2.09 bits per heavy atom. The van der Waals surface area contributed by atoms with Gasteiger partial charge in [0.1, 0.15) is 11.6 Å². The van der Waals surface area contributed by atoms with Crippen LogP contribution in [0.5, 0.6) is 5.75 Å². The molecule has 0 fully saturated rings. The fourth-order valence-corrected chi connectivity index (χ4v) is 4.57. The number of carbonyl (C=O) groups is 2. The molecule has 1 aliphatic rings. The van der Waals surface area contributed by atoms with Crippen LogP contribution in [-0.2, 0) is 6.42 Å². The zero-order valence-corrected chi connectivity index (χ0v) is 19.4. The first-order chi connectivity index (χ1) is 16.4. The molecule has 0 bridgehead atoms. The predicted molar refractivity (Wildman–Crippen MR) is 129 cm³/mol. The van der Waals surface area contributed by atoms with Crippen LogP contribution in [0.2, 0.25) is 10.0 Å². The summed E-state index contributed by atoms with van der Waals surface area (Å²) in [4.78, 5) is 45.1. The Kier molecular flexibility index (Phi) is 5.59. The van der Waals surface area contributed by atoms with Crippen molar-refractivity contribution in [3.05, 3.63) is 98.0 Å². The molecular weight excluding hydrogens is 477 g/mol. The molecular formula is C25H17Cl2N3O4. The van der Waals surface area contributed by atoms with E-state index in [1.54, 1.807) is 55.6 Å². The number of fused-ring (bicyclic) bond motifs is 2. The first kappa shape index (κ1) is 22.1. The highest BCUT2D eigenvalue weighted by atomic mass is 35.5. The number of halogens is 2. The van der Waals surface area contributed by atoms with E-state index < -0.39 is 11.8 Å². The molecule has 0 N–H and O–H groups in total. The molecule has 0 aliphatic carbocycles. The molecule has 9 heteroatoms. The summed E-state index contributed by atoms with van der Waals surface area (Å²) in [7, 11) is 1.56. The number of benzene rings is 3. The van der Waals surface area contributed by atoms with Gasteiger partial charge in [-0.25, -0.2) is 4.98 Å². The van der Waals surface area contributed by atoms with E-state index in [4.69, 9.17) is 27.9 Å². The third-order valence-corrected chi connectivity index (χ3v) is 6.39. The van der Waals surface area contributed by atoms with Crippen molar-refractivity contribution in [2.24, 2.45) is 0 Å². The van der Waals surface area contributed by atoms with E-state index >= 15 is 0 Å². The number of hydrogen-bond donors (Lipinski definition) is 0. The minimum Gasteiger partial charge on any atom is -0.497 e. The molecule has 170 valence electrons. The SMILES string of the molecule is COc1ccc(-n2c(CCN3C(=O)c4c(Cl)ccc(Cl)c4C3=O)nc3ccccc3c2=O)cc1. The molecule has 0 saturated heterocycles. The van der Waals surface area contributed by atoms with E-state index in [1.165, 1.54) is 16.7 Å². The molecule has 5 rings (SSSR count). The lowest BCUT2D eigenvalue weighted by molar-refractivity contribution is 0.0655. The van der Waals surface area contributed by atoms with E-state index in [0.29, 0.717) is 28.2 Å². The Morgan fingerprint density at radius 2 is 1.47 bits per heavy atom. The maximum atomic E-state index is 13.4. The third-order valence-electron chi connectivity index (χ3n) is 5.76. The average Bonchev–Trinajstić information content (AvgIpc) is 3.11. The number of amides is 2. The van der Waals surface area contributed by atoms with Crippen LogP contribution in [0.1, 0.15) is 26.5 Å². The van der Waals surface area contributed by atoms with Gasteiger partial charge < -0.3 is 4.74 Å². The molecule has 0 radical (unpaired) electrons. The molecule has 0 spiro atoms. The van der Waals surface area contributed by atoms with Gasteiger partial charge in [-0.1, -0.05) is 35.3 Å². The quantitative estimate of drug-likeness (QED) is 0.381. The van der Waals surface area contributed by atoms with Crippen LogP contribution >= 0.6 is 23.2 Å². The first-order valence-corrected chi connectivity index (χ1v) is 11.2. The Hall–Kier alpha value is -3.68. The van der Waals surface area contributed by atoms with Crippen molar-refractivity contribution in [2.45, 2.75) is 6.42 Å². The van der Waals surface area contributed by atoms with Gasteiger partial charge in [-0.2, -0.15) is 0 Å². The number of para-hydroxylation sites is 1. The largest absolute Gasteiger partial charge is 0.497 e. The molecule has 3 aromatic carbocycles. The molecule has 1 aromatic heterocycles. The summed E-state index contributed by atoms with van der Waals surface area (Å²) >= 11 is 12.3. The smallest absolute Gasteiger partial charge is 0.265 e. The second-order valence-electron chi connectivity index (χ2n) is 7.67. The third kappa shape index (κ3) is 3.54. The lowest BCUT2D eigenvalue weighted by atomic mass is 10.1. The number of hydrogen-bond acceptors (Lipinski definition) is 5. The molecule has 0 atom stereocenters. The fourth-order valence-electron chi connectivity index (χ4n) is 4.09. The van der Waals surface area contributed by atoms with Gasteiger partial charge in [-0.15, -0.1) is 0 Å². The number of methoxy groups -OCH3 is 1. The summed E-state index contributed by atoms with van der Waals surface area (Å²) < 4.78 is 6.70. The maximum absolute atomic E-state index is 13.4. The van der Waals surface area contributed by atoms with Gasteiger partial charge in [0.15, 0.2) is 0 Å². The van der Waals surface area contributed by atoms with Crippen LogP contribution < -0.4 is 10.3 Å². The lowest BCUT2D eigenvalue weighted by Gasteiger charge is -2.17. The van der Waals surface area contributed by atoms with Gasteiger partial charge in [-0.3, -0.25) is 23.9 Å². The Bertz CT molecular complexity index is 1490. The van der Waals surface area contributed by atoms with Gasteiger partial charge in [0.05, 0.1) is 44.9 Å². The number of aromatic nitrogens is 2. The van der Waals surface area contributed by atoms with Crippen molar-refractivity contribution < 1.29 is 14.3 Å². The molecule has 0 saturated carbocycles. The van der Waals surface area contributed by atoms with Crippen LogP contribution in [0, 0.1) is 0 Å². The van der Waals surface area contributed by atoms with E-state index in [0.717, 1.165) is 4.90 Å². The Morgan fingerprint density at radius 1 is 0.853 bits per heavy atom. The monoisotopic (exact) mass is 493 g/mol. The molecule has 2 amide bonds. The zero-order valence-electron chi connectivity index (χ0n) is 17.9. The van der Waals surface area contributed by atoms with Crippen LogP contribution in [0.4, 0.5) is 0 Å². The van der Waals surface area contributed by atoms with Crippen LogP contribution in [0.25, 0.3) is 16.6 Å². The second-order valence-corrected chi connectivity index (χ2v) is 8.49. The van der Waals surface area contributed by atoms with E-state index in [9.17, 15) is 14.4 Å². The highest BCUT2D eigenvalue weighted by Gasteiger charge is 2.39. The number of imide groups is 1. The normalized spacial score (nSPS) is 13.0. The minimum absolute atomic E-state index is 0.0000602. The molecule has 1 aliphatic heterocycles. The summed E-state index contributed by atoms with van der Waals surface area (Å²) in [5.74, 6) is 0.00719. The second kappa shape index (κ2) is 8.59. The fraction of sp³-hybridized carbons (Fsp3) is 0.120. The van der Waals surface area contributed by atoms with Crippen molar-refractivity contribution in [2.75, 3.05) is 13.7 Å². The van der Waals surface area contributed by atoms with Crippen molar-refractivity contribution in [1.82, 2.24) is 14.5 Å². The standard InChI is InChI=1S/C25H17Cl2N3O4/c1-34-15-8-6-14(7-9-15)30-20(28-19-5-3-2-4-16(19)23(30)31)12-13-29-24(32)21-17(26)10-11-18(27)22(21)25(29)33/h2-11H,12-13H2,1H3. The highest BCUT2D eigenvalue weighted by molar-refractivity contribution is 6.41. The van der Waals surface area contributed by atoms with E-state index in [2.05, 4.69) is 4.98 Å². The van der Waals surface area contributed by atoms with Gasteiger partial charge >= 0.3 is 0 Å². The molecule has 4 aromatic rings. The summed E-state index contributed by atoms with van der Waals surface area (Å²) in [6, 6.07) is 17.0. The number of rotatable bonds is 5. The van der Waals surface area contributed by atoms with Crippen LogP contribution in [0.3, 0.4) is 0 Å². The summed E-state index contributed by atoms with van der Waals surface area (Å²) in [6.07, 6.45) is 0.146. The molecule has 34 heavy (non-hydrogen) atoms. The van der Waals surface area contributed by atoms with Crippen molar-refractivity contribution in [1.29, 1.82) is 0 Å². The lowest BCUT2D eigenvalue weighted by Crippen LogP contribution is -2.33. The van der Waals surface area contributed by atoms with Gasteiger partial charge in [0.2, 0.25) is 0 Å². The zero-order chi connectivity index (χ0) is 24.0. The molecule has 7 nitrogen and oxygen atoms in total. The maximum Gasteiger partial charge on any atom is 0.265 e. The average molecular weight is 494 g/mol. The van der Waals surface area contributed by atoms with Crippen LogP contribution in [0.15, 0.2) is 65.5 Å². The Balaban J connectivity index is 1.56. The Labute approximate surface area is 204 Å². The van der Waals surface area contributed by atoms with Gasteiger partial charge in [-0.05, 0) is 48.5 Å². The van der Waals surface area contributed by atoms with Crippen molar-refractivity contribution in [3.63, 3.8) is 0 Å². The minimum atomic E-state index is -0.522. The van der Waals surface area contributed by atoms with Gasteiger partial charge in [0.25, 0.3) is 17.4 Å². The van der Waals surface area contributed by atoms with E-state index in [1.807, 2.05) is 0 Å². The highest BCUT2D eigenvalue weighted by Crippen LogP contribution is 2.34. The number of carbonyl (C=O) groups excluding carboxylic acids is 2. The van der Waals surface area contributed by atoms with E-state index in [-0.39, 0.29) is 39.7 Å². The molecule has 0 unspecified atom stereocenters. The first-order valence-electron chi connectivity index (χ1n) is 10.4. The van der Waals surface area contributed by atoms with Crippen molar-refractivity contribution >= 4 is 45.9 Å². The van der Waals surface area contributed by atoms with Crippen LogP contribution in [-0.4, -0.2) is 39.9 Å². The number of ether oxygens (including phenoxy) is 1. The predicted octanol–water partition coefficient (Wildman–Crippen LogP) is 4.54. The summed E-state index contributed by atoms with van der Waals surface area (Å²) in [5.41, 5.74) is 1.06. The summed E-state index contributed by atoms with van der Waals surface area (Å²) in [5, 5.41) is 0.791. The summed E-state index contributed by atoms with van der Waals surface area (Å²) in [6.45, 7) is -0.0000602. The number of nitrogens with zero attached hydrogens (tertiary/aromatic N) is 3. The molecule has 2 heterocycles. The van der Waals surface area contributed by atoms with Gasteiger partial charge in [0, 0.05) is 13.0 Å². The van der Waals surface area contributed by atoms with Crippen molar-refractivity contribution in [3.8, 4) is 11.4 Å².